The molecule has 2 aromatic heterocycles. The number of nitrogens with one attached hydrogen (secondary N) is 1. The third-order valence-electron chi connectivity index (χ3n) is 8.95. The van der Waals surface area contributed by atoms with Crippen LogP contribution in [-0.4, -0.2) is 57.7 Å². The Balaban J connectivity index is 1.32. The maximum absolute atomic E-state index is 12.4. The molecule has 1 fully saturated rings. The van der Waals surface area contributed by atoms with Gasteiger partial charge in [-0.05, 0) is 74.3 Å². The van der Waals surface area contributed by atoms with Crippen molar-refractivity contribution in [1.82, 2.24) is 14.5 Å². The number of primary amides is 1. The van der Waals surface area contributed by atoms with Crippen molar-refractivity contribution >= 4 is 44.3 Å². The van der Waals surface area contributed by atoms with Gasteiger partial charge in [0.05, 0.1) is 27.7 Å². The summed E-state index contributed by atoms with van der Waals surface area (Å²) < 4.78 is 2.24. The summed E-state index contributed by atoms with van der Waals surface area (Å²) in [6.07, 6.45) is 4.03. The van der Waals surface area contributed by atoms with E-state index in [4.69, 9.17) is 10.7 Å². The highest BCUT2D eigenvalue weighted by molar-refractivity contribution is 6.16. The number of fused-ring (bicyclic) bond motifs is 4. The second kappa shape index (κ2) is 10.8. The molecule has 4 aromatic carbocycles. The van der Waals surface area contributed by atoms with Crippen LogP contribution in [0.3, 0.4) is 0 Å². The zero-order valence-electron chi connectivity index (χ0n) is 24.3. The minimum absolute atomic E-state index is 0.433. The van der Waals surface area contributed by atoms with Crippen LogP contribution in [0.25, 0.3) is 49.5 Å². The Kier molecular flexibility index (Phi) is 6.84. The number of nitrogens with zero attached hydrogens (tertiary/aromatic N) is 3. The number of rotatable bonds is 7. The quantitative estimate of drug-likeness (QED) is 0.208. The maximum atomic E-state index is 12.4. The van der Waals surface area contributed by atoms with Gasteiger partial charge in [-0.3, -0.25) is 9.78 Å². The molecule has 7 rings (SSSR count). The van der Waals surface area contributed by atoms with E-state index in [1.807, 2.05) is 42.6 Å². The summed E-state index contributed by atoms with van der Waals surface area (Å²) in [6.45, 7) is 2.29. The van der Waals surface area contributed by atoms with Gasteiger partial charge >= 0.3 is 0 Å². The molecule has 1 aliphatic heterocycles. The number of amides is 1. The van der Waals surface area contributed by atoms with Gasteiger partial charge in [-0.2, -0.15) is 0 Å². The third-order valence-corrected chi connectivity index (χ3v) is 8.95. The van der Waals surface area contributed by atoms with E-state index in [0.717, 1.165) is 75.5 Å². The molecule has 0 radical (unpaired) electrons. The molecule has 6 aromatic rings. The molecule has 0 saturated carbocycles. The molecule has 7 heteroatoms. The number of nitrogens with two attached hydrogens (primary N) is 1. The standard InChI is InChI=1S/C36H35N5O2/c1-40-19-16-36(43,17-20-40)15-18-38-31-22-26(13-14-28(31)35(37)42)41-32-11-5-3-8-29(32)34-27(9-6-12-33(34)41)25-21-24-7-2-4-10-30(24)39-23-25/h2-14,21-23,38,43H,15-20H2,1H3,(H2,37,42). The Labute approximate surface area is 250 Å². The Morgan fingerprint density at radius 1 is 0.953 bits per heavy atom. The highest BCUT2D eigenvalue weighted by Gasteiger charge is 2.30. The number of likely N-dealkylation sites (tertiary alicyclic amines) is 1. The highest BCUT2D eigenvalue weighted by Crippen LogP contribution is 2.39. The first kappa shape index (κ1) is 27.1. The van der Waals surface area contributed by atoms with Crippen LogP contribution in [0, 0.1) is 0 Å². The van der Waals surface area contributed by atoms with Crippen LogP contribution in [0.2, 0.25) is 0 Å². The van der Waals surface area contributed by atoms with Gasteiger partial charge in [-0.1, -0.05) is 48.5 Å². The van der Waals surface area contributed by atoms with E-state index < -0.39 is 11.5 Å². The van der Waals surface area contributed by atoms with Crippen molar-refractivity contribution in [2.75, 3.05) is 32.0 Å². The minimum atomic E-state index is -0.704. The maximum Gasteiger partial charge on any atom is 0.250 e. The number of benzene rings is 4. The Morgan fingerprint density at radius 3 is 2.56 bits per heavy atom. The van der Waals surface area contributed by atoms with Gasteiger partial charge in [0, 0.05) is 58.9 Å². The number of aromatic nitrogens is 2. The number of hydrogen-bond acceptors (Lipinski definition) is 5. The lowest BCUT2D eigenvalue weighted by atomic mass is 9.88. The molecule has 216 valence electrons. The van der Waals surface area contributed by atoms with Crippen molar-refractivity contribution in [2.45, 2.75) is 24.9 Å². The van der Waals surface area contributed by atoms with E-state index >= 15 is 0 Å². The average molecular weight is 570 g/mol. The van der Waals surface area contributed by atoms with Crippen molar-refractivity contribution in [3.63, 3.8) is 0 Å². The van der Waals surface area contributed by atoms with Crippen LogP contribution < -0.4 is 11.1 Å². The number of para-hydroxylation sites is 2. The molecule has 43 heavy (non-hydrogen) atoms. The second-order valence-electron chi connectivity index (χ2n) is 11.8. The molecule has 1 saturated heterocycles. The number of hydrogen-bond donors (Lipinski definition) is 3. The van der Waals surface area contributed by atoms with Crippen molar-refractivity contribution in [2.24, 2.45) is 5.73 Å². The summed E-state index contributed by atoms with van der Waals surface area (Å²) in [4.78, 5) is 19.4. The zero-order valence-corrected chi connectivity index (χ0v) is 24.3. The Hall–Kier alpha value is -4.72. The summed E-state index contributed by atoms with van der Waals surface area (Å²) in [7, 11) is 2.08. The van der Waals surface area contributed by atoms with Crippen molar-refractivity contribution in [3.8, 4) is 16.8 Å². The normalized spacial score (nSPS) is 15.3. The highest BCUT2D eigenvalue weighted by atomic mass is 16.3. The average Bonchev–Trinajstić information content (AvgIpc) is 3.37. The van der Waals surface area contributed by atoms with E-state index in [1.54, 1.807) is 6.07 Å². The monoisotopic (exact) mass is 569 g/mol. The lowest BCUT2D eigenvalue weighted by molar-refractivity contribution is -0.0194. The fourth-order valence-electron chi connectivity index (χ4n) is 6.50. The number of piperidine rings is 1. The second-order valence-corrected chi connectivity index (χ2v) is 11.8. The molecule has 1 aliphatic rings. The lowest BCUT2D eigenvalue weighted by Crippen LogP contribution is -2.43. The molecule has 0 spiro atoms. The molecule has 4 N–H and O–H groups in total. The van der Waals surface area contributed by atoms with E-state index in [9.17, 15) is 9.90 Å². The van der Waals surface area contributed by atoms with Crippen LogP contribution in [0.1, 0.15) is 29.6 Å². The molecule has 0 bridgehead atoms. The van der Waals surface area contributed by atoms with E-state index in [1.165, 1.54) is 0 Å². The van der Waals surface area contributed by atoms with Crippen LogP contribution in [0.4, 0.5) is 5.69 Å². The summed E-state index contributed by atoms with van der Waals surface area (Å²) in [5, 5.41) is 17.9. The van der Waals surface area contributed by atoms with Gasteiger partial charge in [-0.15, -0.1) is 0 Å². The van der Waals surface area contributed by atoms with E-state index in [0.29, 0.717) is 24.2 Å². The number of pyridine rings is 1. The summed E-state index contributed by atoms with van der Waals surface area (Å²) >= 11 is 0. The van der Waals surface area contributed by atoms with Gasteiger partial charge < -0.3 is 25.6 Å². The van der Waals surface area contributed by atoms with Crippen LogP contribution >= 0.6 is 0 Å². The van der Waals surface area contributed by atoms with Gasteiger partial charge in [0.1, 0.15) is 0 Å². The molecule has 0 unspecified atom stereocenters. The summed E-state index contributed by atoms with van der Waals surface area (Å²) in [6, 6.07) is 30.9. The number of carbonyl (C=O) groups is 1. The predicted octanol–water partition coefficient (Wildman–Crippen LogP) is 6.36. The molecule has 0 atom stereocenters. The fourth-order valence-corrected chi connectivity index (χ4v) is 6.50. The fraction of sp³-hybridized carbons (Fsp3) is 0.222. The number of aliphatic hydroxyl groups is 1. The number of anilines is 1. The van der Waals surface area contributed by atoms with Gasteiger partial charge in [0.2, 0.25) is 0 Å². The first-order valence-corrected chi connectivity index (χ1v) is 14.9. The SMILES string of the molecule is CN1CCC(O)(CCNc2cc(-n3c4ccccc4c4c(-c5cnc6ccccc6c5)cccc43)ccc2C(N)=O)CC1. The topological polar surface area (TPSA) is 96.4 Å². The van der Waals surface area contributed by atoms with Crippen LogP contribution in [0.15, 0.2) is 97.2 Å². The first-order chi connectivity index (χ1) is 20.9. The van der Waals surface area contributed by atoms with E-state index in [2.05, 4.69) is 70.4 Å². The van der Waals surface area contributed by atoms with E-state index in [-0.39, 0.29) is 0 Å². The van der Waals surface area contributed by atoms with Gasteiger partial charge in [0.25, 0.3) is 5.91 Å². The predicted molar refractivity (Wildman–Crippen MR) is 175 cm³/mol. The molecule has 7 nitrogen and oxygen atoms in total. The molecular weight excluding hydrogens is 534 g/mol. The smallest absolute Gasteiger partial charge is 0.250 e. The summed E-state index contributed by atoms with van der Waals surface area (Å²) in [5.74, 6) is -0.486. The van der Waals surface area contributed by atoms with Crippen molar-refractivity contribution in [3.05, 3.63) is 103 Å². The lowest BCUT2D eigenvalue weighted by Gasteiger charge is -2.36. The Bertz CT molecular complexity index is 1990. The first-order valence-electron chi connectivity index (χ1n) is 14.9. The summed E-state index contributed by atoms with van der Waals surface area (Å²) in [5.41, 5.74) is 12.4. The van der Waals surface area contributed by atoms with Gasteiger partial charge in [-0.25, -0.2) is 0 Å². The van der Waals surface area contributed by atoms with Crippen LogP contribution in [-0.2, 0) is 0 Å². The van der Waals surface area contributed by atoms with Gasteiger partial charge in [0.15, 0.2) is 0 Å². The van der Waals surface area contributed by atoms with Crippen molar-refractivity contribution < 1.29 is 9.90 Å². The Morgan fingerprint density at radius 2 is 1.72 bits per heavy atom. The van der Waals surface area contributed by atoms with Crippen molar-refractivity contribution in [1.29, 1.82) is 0 Å². The molecule has 1 amide bonds. The molecular formula is C36H35N5O2. The minimum Gasteiger partial charge on any atom is -0.390 e. The largest absolute Gasteiger partial charge is 0.390 e. The zero-order chi connectivity index (χ0) is 29.6. The molecule has 0 aliphatic carbocycles. The van der Waals surface area contributed by atoms with Crippen LogP contribution in [0.5, 0.6) is 0 Å². The molecule has 3 heterocycles. The number of carbonyl (C=O) groups excluding carboxylic acids is 1. The third kappa shape index (κ3) is 5.01.